The molecule has 1 rings (SSSR count). The van der Waals surface area contributed by atoms with Gasteiger partial charge in [-0.15, -0.1) is 0 Å². The molecule has 0 bridgehead atoms. The summed E-state index contributed by atoms with van der Waals surface area (Å²) in [4.78, 5) is 41.9. The molecule has 1 aliphatic rings. The van der Waals surface area contributed by atoms with Crippen LogP contribution in [0.1, 0.15) is 74.7 Å². The van der Waals surface area contributed by atoms with Crippen molar-refractivity contribution in [2.45, 2.75) is 98.8 Å². The lowest BCUT2D eigenvalue weighted by Gasteiger charge is -2.41. The van der Waals surface area contributed by atoms with Crippen LogP contribution in [0, 0.1) is 11.3 Å². The number of carbonyl (C=O) groups excluding carboxylic acids is 2. The lowest BCUT2D eigenvalue weighted by molar-refractivity contribution is -0.142. The molecule has 3 atom stereocenters. The van der Waals surface area contributed by atoms with Crippen molar-refractivity contribution in [1.29, 1.82) is 0 Å². The number of hydrogen-bond donors (Lipinski definition) is 2. The molecule has 7 heteroatoms. The quantitative estimate of drug-likeness (QED) is 0.569. The van der Waals surface area contributed by atoms with E-state index in [1.165, 1.54) is 6.92 Å². The first kappa shape index (κ1) is 27.1. The molecular weight excluding hydrogens is 394 g/mol. The standard InChI is InChI=1S/C24H43N3O4/c1-15(2)19(14-17(5)23(30)31)26(9)22(29)20(24(6,7)8)25-21(28)18-12-10-11-13-27(18)16(3)4/h14-16,18-20H,10-13H2,1-9H3,(H,25,28)(H,30,31)/b17-14+/t18-,19+,20+/m1/s1. The van der Waals surface area contributed by atoms with Crippen LogP contribution in [0.25, 0.3) is 0 Å². The van der Waals surface area contributed by atoms with Gasteiger partial charge >= 0.3 is 5.97 Å². The lowest BCUT2D eigenvalue weighted by atomic mass is 9.84. The van der Waals surface area contributed by atoms with Crippen molar-refractivity contribution in [2.24, 2.45) is 11.3 Å². The fraction of sp³-hybridized carbons (Fsp3) is 0.792. The molecule has 1 fully saturated rings. The van der Waals surface area contributed by atoms with Crippen molar-refractivity contribution < 1.29 is 19.5 Å². The van der Waals surface area contributed by atoms with E-state index in [1.807, 2.05) is 34.6 Å². The Morgan fingerprint density at radius 1 is 1.13 bits per heavy atom. The van der Waals surface area contributed by atoms with Crippen LogP contribution in [0.3, 0.4) is 0 Å². The maximum Gasteiger partial charge on any atom is 0.331 e. The minimum Gasteiger partial charge on any atom is -0.478 e. The highest BCUT2D eigenvalue weighted by Crippen LogP contribution is 2.25. The predicted molar refractivity (Wildman–Crippen MR) is 124 cm³/mol. The number of likely N-dealkylation sites (tertiary alicyclic amines) is 1. The van der Waals surface area contributed by atoms with Crippen LogP contribution in [0.2, 0.25) is 0 Å². The molecule has 1 saturated heterocycles. The first-order valence-electron chi connectivity index (χ1n) is 11.4. The molecule has 0 aromatic heterocycles. The van der Waals surface area contributed by atoms with Crippen molar-refractivity contribution in [3.8, 4) is 0 Å². The maximum absolute atomic E-state index is 13.5. The Bertz CT molecular complexity index is 679. The van der Waals surface area contributed by atoms with Crippen LogP contribution in [0.5, 0.6) is 0 Å². The molecule has 178 valence electrons. The summed E-state index contributed by atoms with van der Waals surface area (Å²) < 4.78 is 0. The van der Waals surface area contributed by atoms with Gasteiger partial charge in [0.15, 0.2) is 0 Å². The van der Waals surface area contributed by atoms with E-state index in [9.17, 15) is 19.5 Å². The Hall–Kier alpha value is -1.89. The molecular formula is C24H43N3O4. The zero-order chi connectivity index (χ0) is 24.1. The van der Waals surface area contributed by atoms with Gasteiger partial charge in [0.2, 0.25) is 11.8 Å². The van der Waals surface area contributed by atoms with Crippen LogP contribution in [0.15, 0.2) is 11.6 Å². The van der Waals surface area contributed by atoms with Crippen molar-refractivity contribution >= 4 is 17.8 Å². The van der Waals surface area contributed by atoms with E-state index in [1.54, 1.807) is 18.0 Å². The van der Waals surface area contributed by atoms with Gasteiger partial charge < -0.3 is 15.3 Å². The molecule has 0 spiro atoms. The number of rotatable bonds is 8. The van der Waals surface area contributed by atoms with Crippen molar-refractivity contribution in [3.05, 3.63) is 11.6 Å². The smallest absolute Gasteiger partial charge is 0.331 e. The van der Waals surface area contributed by atoms with Gasteiger partial charge in [0.05, 0.1) is 12.1 Å². The molecule has 0 radical (unpaired) electrons. The molecule has 2 N–H and O–H groups in total. The number of carboxylic acid groups (broad SMARTS) is 1. The van der Waals surface area contributed by atoms with E-state index in [4.69, 9.17) is 0 Å². The zero-order valence-corrected chi connectivity index (χ0v) is 20.9. The number of piperidine rings is 1. The second-order valence-electron chi connectivity index (χ2n) is 10.5. The Morgan fingerprint density at radius 3 is 2.16 bits per heavy atom. The third kappa shape index (κ3) is 7.34. The highest BCUT2D eigenvalue weighted by atomic mass is 16.4. The normalized spacial score (nSPS) is 20.5. The molecule has 0 aromatic carbocycles. The maximum atomic E-state index is 13.5. The average Bonchev–Trinajstić information content (AvgIpc) is 2.67. The predicted octanol–water partition coefficient (Wildman–Crippen LogP) is 3.29. The molecule has 31 heavy (non-hydrogen) atoms. The van der Waals surface area contributed by atoms with E-state index in [0.717, 1.165) is 25.8 Å². The van der Waals surface area contributed by atoms with Crippen LogP contribution < -0.4 is 5.32 Å². The summed E-state index contributed by atoms with van der Waals surface area (Å²) in [5.74, 6) is -1.29. The number of carboxylic acids is 1. The Kier molecular flexibility index (Phi) is 9.73. The third-order valence-electron chi connectivity index (χ3n) is 6.15. The van der Waals surface area contributed by atoms with Gasteiger partial charge in [0.1, 0.15) is 6.04 Å². The Labute approximate surface area is 188 Å². The van der Waals surface area contributed by atoms with Gasteiger partial charge in [-0.05, 0) is 51.5 Å². The molecule has 0 aromatic rings. The van der Waals surface area contributed by atoms with Gasteiger partial charge in [0.25, 0.3) is 0 Å². The van der Waals surface area contributed by atoms with Gasteiger partial charge in [-0.1, -0.05) is 47.1 Å². The summed E-state index contributed by atoms with van der Waals surface area (Å²) in [7, 11) is 1.69. The summed E-state index contributed by atoms with van der Waals surface area (Å²) in [5, 5.41) is 12.3. The number of hydrogen-bond acceptors (Lipinski definition) is 4. The van der Waals surface area contributed by atoms with Gasteiger partial charge in [-0.3, -0.25) is 14.5 Å². The van der Waals surface area contributed by atoms with Crippen LogP contribution >= 0.6 is 0 Å². The minimum absolute atomic E-state index is 0.0225. The fourth-order valence-corrected chi connectivity index (χ4v) is 4.17. The molecule has 2 amide bonds. The number of amides is 2. The van der Waals surface area contributed by atoms with Gasteiger partial charge in [0, 0.05) is 18.7 Å². The third-order valence-corrected chi connectivity index (χ3v) is 6.15. The summed E-state index contributed by atoms with van der Waals surface area (Å²) in [6, 6.07) is -1.06. The van der Waals surface area contributed by atoms with Crippen LogP contribution in [-0.2, 0) is 14.4 Å². The molecule has 1 heterocycles. The molecule has 1 aliphatic heterocycles. The van der Waals surface area contributed by atoms with Crippen LogP contribution in [0.4, 0.5) is 0 Å². The lowest BCUT2D eigenvalue weighted by Crippen LogP contribution is -2.60. The van der Waals surface area contributed by atoms with E-state index in [2.05, 4.69) is 24.1 Å². The number of nitrogens with one attached hydrogen (secondary N) is 1. The van der Waals surface area contributed by atoms with Gasteiger partial charge in [-0.25, -0.2) is 4.79 Å². The summed E-state index contributed by atoms with van der Waals surface area (Å²) in [5.41, 5.74) is -0.296. The number of aliphatic carboxylic acids is 1. The van der Waals surface area contributed by atoms with Gasteiger partial charge in [-0.2, -0.15) is 0 Å². The minimum atomic E-state index is -1.00. The summed E-state index contributed by atoms with van der Waals surface area (Å²) in [6.45, 7) is 16.3. The average molecular weight is 438 g/mol. The Balaban J connectivity index is 3.15. The fourth-order valence-electron chi connectivity index (χ4n) is 4.17. The number of carbonyl (C=O) groups is 3. The summed E-state index contributed by atoms with van der Waals surface area (Å²) >= 11 is 0. The molecule has 7 nitrogen and oxygen atoms in total. The molecule has 0 unspecified atom stereocenters. The number of nitrogens with zero attached hydrogens (tertiary/aromatic N) is 2. The van der Waals surface area contributed by atoms with Crippen molar-refractivity contribution in [3.63, 3.8) is 0 Å². The largest absolute Gasteiger partial charge is 0.478 e. The monoisotopic (exact) mass is 437 g/mol. The number of likely N-dealkylation sites (N-methyl/N-ethyl adjacent to an activating group) is 1. The van der Waals surface area contributed by atoms with Crippen molar-refractivity contribution in [2.75, 3.05) is 13.6 Å². The summed E-state index contributed by atoms with van der Waals surface area (Å²) in [6.07, 6.45) is 4.50. The van der Waals surface area contributed by atoms with Crippen molar-refractivity contribution in [1.82, 2.24) is 15.1 Å². The molecule has 0 saturated carbocycles. The van der Waals surface area contributed by atoms with E-state index >= 15 is 0 Å². The zero-order valence-electron chi connectivity index (χ0n) is 20.9. The highest BCUT2D eigenvalue weighted by molar-refractivity contribution is 5.91. The Morgan fingerprint density at radius 2 is 1.71 bits per heavy atom. The second kappa shape index (κ2) is 11.1. The first-order valence-corrected chi connectivity index (χ1v) is 11.4. The highest BCUT2D eigenvalue weighted by Gasteiger charge is 2.39. The van der Waals surface area contributed by atoms with Crippen LogP contribution in [-0.4, -0.2) is 70.4 Å². The topological polar surface area (TPSA) is 90.0 Å². The van der Waals surface area contributed by atoms with E-state index in [0.29, 0.717) is 0 Å². The van der Waals surface area contributed by atoms with E-state index < -0.39 is 17.4 Å². The second-order valence-corrected chi connectivity index (χ2v) is 10.5. The SMILES string of the molecule is C/C(=C\[C@@H](C(C)C)N(C)C(=O)[C@H](NC(=O)[C@H]1CCCCN1C(C)C)C(C)(C)C)C(=O)O. The molecule has 0 aliphatic carbocycles. The first-order chi connectivity index (χ1) is 14.2. The van der Waals surface area contributed by atoms with E-state index in [-0.39, 0.29) is 41.4 Å².